The van der Waals surface area contributed by atoms with Gasteiger partial charge < -0.3 is 10.2 Å². The summed E-state index contributed by atoms with van der Waals surface area (Å²) in [6, 6.07) is 0.729. The van der Waals surface area contributed by atoms with Crippen molar-refractivity contribution in [3.05, 3.63) is 0 Å². The monoisotopic (exact) mass is 172 g/mol. The molecule has 0 amide bonds. The maximum atomic E-state index is 3.33. The first-order valence-electron chi connectivity index (χ1n) is 5.18. The lowest BCUT2D eigenvalue weighted by Gasteiger charge is -2.18. The number of likely N-dealkylation sites (N-methyl/N-ethyl adjacent to an activating group) is 2. The van der Waals surface area contributed by atoms with Crippen LogP contribution in [0.15, 0.2) is 0 Å². The van der Waals surface area contributed by atoms with Gasteiger partial charge in [0.2, 0.25) is 0 Å². The van der Waals surface area contributed by atoms with Crippen molar-refractivity contribution in [2.75, 3.05) is 27.2 Å². The molecule has 1 aliphatic rings. The van der Waals surface area contributed by atoms with Crippen molar-refractivity contribution in [3.8, 4) is 0 Å². The summed E-state index contributed by atoms with van der Waals surface area (Å²) in [4.78, 5) is 2.41. The van der Waals surface area contributed by atoms with E-state index in [2.05, 4.69) is 24.3 Å². The highest BCUT2D eigenvalue weighted by molar-refractivity contribution is 4.72. The first kappa shape index (κ1) is 11.9. The van der Waals surface area contributed by atoms with Crippen molar-refractivity contribution in [1.29, 1.82) is 0 Å². The largest absolute Gasteiger partial charge is 0.316 e. The molecular weight excluding hydrogens is 148 g/mol. The van der Waals surface area contributed by atoms with Crippen LogP contribution in [0.4, 0.5) is 0 Å². The van der Waals surface area contributed by atoms with Crippen LogP contribution in [-0.4, -0.2) is 38.1 Å². The van der Waals surface area contributed by atoms with Gasteiger partial charge in [0.1, 0.15) is 0 Å². The fourth-order valence-corrected chi connectivity index (χ4v) is 1.57. The van der Waals surface area contributed by atoms with Crippen molar-refractivity contribution in [2.24, 2.45) is 0 Å². The van der Waals surface area contributed by atoms with Gasteiger partial charge in [-0.3, -0.25) is 0 Å². The summed E-state index contributed by atoms with van der Waals surface area (Å²) in [6.07, 6.45) is 4.10. The van der Waals surface area contributed by atoms with Gasteiger partial charge in [0.25, 0.3) is 0 Å². The lowest BCUT2D eigenvalue weighted by molar-refractivity contribution is 0.317. The van der Waals surface area contributed by atoms with Gasteiger partial charge in [0.05, 0.1) is 0 Å². The molecule has 1 saturated heterocycles. The zero-order chi connectivity index (χ0) is 9.40. The van der Waals surface area contributed by atoms with Crippen molar-refractivity contribution in [3.63, 3.8) is 0 Å². The molecule has 0 aromatic heterocycles. The molecule has 74 valence electrons. The number of likely N-dealkylation sites (tertiary alicyclic amines) is 1. The predicted molar refractivity (Wildman–Crippen MR) is 55.5 cm³/mol. The maximum absolute atomic E-state index is 3.33. The van der Waals surface area contributed by atoms with Crippen LogP contribution in [0.1, 0.15) is 33.1 Å². The van der Waals surface area contributed by atoms with Crippen LogP contribution in [0.25, 0.3) is 0 Å². The smallest absolute Gasteiger partial charge is 0.0191 e. The van der Waals surface area contributed by atoms with Crippen molar-refractivity contribution >= 4 is 0 Å². The van der Waals surface area contributed by atoms with Gasteiger partial charge in [0.15, 0.2) is 0 Å². The van der Waals surface area contributed by atoms with Crippen LogP contribution in [0.3, 0.4) is 0 Å². The number of nitrogens with zero attached hydrogens (tertiary/aromatic N) is 1. The first-order valence-corrected chi connectivity index (χ1v) is 5.18. The number of hydrogen-bond acceptors (Lipinski definition) is 2. The van der Waals surface area contributed by atoms with Crippen molar-refractivity contribution in [2.45, 2.75) is 39.2 Å². The Hall–Kier alpha value is -0.0800. The fraction of sp³-hybridized carbons (Fsp3) is 1.00. The Morgan fingerprint density at radius 1 is 1.25 bits per heavy atom. The molecule has 1 fully saturated rings. The minimum absolute atomic E-state index is 0.729. The Bertz CT molecular complexity index is 93.8. The second-order valence-corrected chi connectivity index (χ2v) is 3.24. The molecule has 1 rings (SSSR count). The van der Waals surface area contributed by atoms with E-state index in [1.54, 1.807) is 0 Å². The Balaban J connectivity index is 0.000000561. The van der Waals surface area contributed by atoms with Gasteiger partial charge in [-0.25, -0.2) is 0 Å². The third kappa shape index (κ3) is 4.73. The van der Waals surface area contributed by atoms with E-state index in [1.165, 1.54) is 32.4 Å². The first-order chi connectivity index (χ1) is 5.83. The van der Waals surface area contributed by atoms with Crippen LogP contribution in [-0.2, 0) is 0 Å². The van der Waals surface area contributed by atoms with E-state index in [9.17, 15) is 0 Å². The summed E-state index contributed by atoms with van der Waals surface area (Å²) in [5.74, 6) is 0. The molecular formula is C10H24N2. The molecule has 12 heavy (non-hydrogen) atoms. The van der Waals surface area contributed by atoms with E-state index < -0.39 is 0 Å². The highest BCUT2D eigenvalue weighted by Gasteiger charge is 2.12. The lowest BCUT2D eigenvalue weighted by atomic mass is 10.1. The molecule has 0 aromatic carbocycles. The number of rotatable bonds is 1. The summed E-state index contributed by atoms with van der Waals surface area (Å²) in [5.41, 5.74) is 0. The molecule has 0 radical (unpaired) electrons. The average Bonchev–Trinajstić information content (AvgIpc) is 2.33. The number of hydrogen-bond donors (Lipinski definition) is 1. The van der Waals surface area contributed by atoms with Crippen LogP contribution >= 0.6 is 0 Å². The van der Waals surface area contributed by atoms with E-state index in [4.69, 9.17) is 0 Å². The molecule has 0 saturated carbocycles. The summed E-state index contributed by atoms with van der Waals surface area (Å²) in [7, 11) is 4.26. The lowest BCUT2D eigenvalue weighted by Crippen LogP contribution is -2.35. The Kier molecular flexibility index (Phi) is 7.51. The third-order valence-corrected chi connectivity index (χ3v) is 2.28. The van der Waals surface area contributed by atoms with E-state index >= 15 is 0 Å². The fourth-order valence-electron chi connectivity index (χ4n) is 1.57. The van der Waals surface area contributed by atoms with E-state index in [0.29, 0.717) is 0 Å². The van der Waals surface area contributed by atoms with Gasteiger partial charge in [-0.15, -0.1) is 0 Å². The molecule has 0 aliphatic carbocycles. The molecule has 1 unspecified atom stereocenters. The molecule has 1 atom stereocenters. The molecule has 1 heterocycles. The SMILES string of the molecule is CC.CNC1CCCCN(C)C1. The highest BCUT2D eigenvalue weighted by atomic mass is 15.1. The summed E-state index contributed by atoms with van der Waals surface area (Å²) < 4.78 is 0. The minimum Gasteiger partial charge on any atom is -0.316 e. The third-order valence-electron chi connectivity index (χ3n) is 2.28. The summed E-state index contributed by atoms with van der Waals surface area (Å²) in [6.45, 7) is 6.49. The number of nitrogens with one attached hydrogen (secondary N) is 1. The maximum Gasteiger partial charge on any atom is 0.0191 e. The summed E-state index contributed by atoms with van der Waals surface area (Å²) >= 11 is 0. The van der Waals surface area contributed by atoms with E-state index in [1.807, 2.05) is 13.8 Å². The standard InChI is InChI=1S/C8H18N2.C2H6/c1-9-8-5-3-4-6-10(2)7-8;1-2/h8-9H,3-7H2,1-2H3;1-2H3. The zero-order valence-corrected chi connectivity index (χ0v) is 9.06. The molecule has 1 aliphatic heterocycles. The zero-order valence-electron chi connectivity index (χ0n) is 9.06. The normalized spacial score (nSPS) is 25.5. The minimum atomic E-state index is 0.729. The Labute approximate surface area is 77.3 Å². The molecule has 2 heteroatoms. The molecule has 0 bridgehead atoms. The second kappa shape index (κ2) is 7.56. The molecule has 2 nitrogen and oxygen atoms in total. The van der Waals surface area contributed by atoms with E-state index in [-0.39, 0.29) is 0 Å². The predicted octanol–water partition coefficient (Wildman–Crippen LogP) is 1.72. The van der Waals surface area contributed by atoms with E-state index in [0.717, 1.165) is 6.04 Å². The van der Waals surface area contributed by atoms with Gasteiger partial charge in [-0.05, 0) is 33.5 Å². The summed E-state index contributed by atoms with van der Waals surface area (Å²) in [5, 5.41) is 3.33. The van der Waals surface area contributed by atoms with Gasteiger partial charge in [-0.2, -0.15) is 0 Å². The van der Waals surface area contributed by atoms with Crippen molar-refractivity contribution < 1.29 is 0 Å². The van der Waals surface area contributed by atoms with Crippen LogP contribution in [0.2, 0.25) is 0 Å². The Morgan fingerprint density at radius 3 is 2.50 bits per heavy atom. The van der Waals surface area contributed by atoms with Crippen LogP contribution in [0.5, 0.6) is 0 Å². The molecule has 1 N–H and O–H groups in total. The quantitative estimate of drug-likeness (QED) is 0.648. The van der Waals surface area contributed by atoms with Gasteiger partial charge >= 0.3 is 0 Å². The molecule has 0 spiro atoms. The van der Waals surface area contributed by atoms with Gasteiger partial charge in [0, 0.05) is 12.6 Å². The topological polar surface area (TPSA) is 15.3 Å². The van der Waals surface area contributed by atoms with Crippen molar-refractivity contribution in [1.82, 2.24) is 10.2 Å². The second-order valence-electron chi connectivity index (χ2n) is 3.24. The highest BCUT2D eigenvalue weighted by Crippen LogP contribution is 2.07. The van der Waals surface area contributed by atoms with Crippen LogP contribution < -0.4 is 5.32 Å². The average molecular weight is 172 g/mol. The van der Waals surface area contributed by atoms with Gasteiger partial charge in [-0.1, -0.05) is 20.3 Å². The molecule has 0 aromatic rings. The van der Waals surface area contributed by atoms with Crippen LogP contribution in [0, 0.1) is 0 Å². The Morgan fingerprint density at radius 2 is 1.92 bits per heavy atom.